The molecule has 0 saturated carbocycles. The van der Waals surface area contributed by atoms with Gasteiger partial charge in [0.05, 0.1) is 6.04 Å². The van der Waals surface area contributed by atoms with E-state index in [1.807, 2.05) is 0 Å². The molecule has 2 aliphatic rings. The summed E-state index contributed by atoms with van der Waals surface area (Å²) in [6.07, 6.45) is 3.64. The van der Waals surface area contributed by atoms with E-state index in [0.29, 0.717) is 18.2 Å². The SMILES string of the molecule is NCC(c1cccc(F)c1F)N1CCC(N2CCCC2)C1. The molecule has 2 N–H and O–H groups in total. The first-order valence-corrected chi connectivity index (χ1v) is 7.82. The fourth-order valence-corrected chi connectivity index (χ4v) is 3.71. The van der Waals surface area contributed by atoms with Gasteiger partial charge in [-0.25, -0.2) is 8.78 Å². The number of likely N-dealkylation sites (tertiary alicyclic amines) is 2. The molecule has 21 heavy (non-hydrogen) atoms. The summed E-state index contributed by atoms with van der Waals surface area (Å²) >= 11 is 0. The van der Waals surface area contributed by atoms with Crippen molar-refractivity contribution in [2.75, 3.05) is 32.7 Å². The van der Waals surface area contributed by atoms with Crippen LogP contribution in [0, 0.1) is 11.6 Å². The van der Waals surface area contributed by atoms with Gasteiger partial charge in [-0.05, 0) is 38.4 Å². The van der Waals surface area contributed by atoms with Crippen LogP contribution in [0.15, 0.2) is 18.2 Å². The molecule has 2 atom stereocenters. The maximum atomic E-state index is 14.0. The second-order valence-electron chi connectivity index (χ2n) is 6.08. The summed E-state index contributed by atoms with van der Waals surface area (Å²) < 4.78 is 27.5. The molecule has 0 radical (unpaired) electrons. The van der Waals surface area contributed by atoms with Gasteiger partial charge in [0.2, 0.25) is 0 Å². The minimum absolute atomic E-state index is 0.228. The van der Waals surface area contributed by atoms with Gasteiger partial charge in [0.25, 0.3) is 0 Å². The van der Waals surface area contributed by atoms with Gasteiger partial charge in [-0.3, -0.25) is 9.80 Å². The Labute approximate surface area is 124 Å². The molecule has 2 saturated heterocycles. The highest BCUT2D eigenvalue weighted by Gasteiger charge is 2.33. The Balaban J connectivity index is 1.73. The van der Waals surface area contributed by atoms with E-state index in [1.165, 1.54) is 25.9 Å². The third-order valence-electron chi connectivity index (χ3n) is 4.86. The van der Waals surface area contributed by atoms with Crippen LogP contribution in [0.4, 0.5) is 8.78 Å². The number of rotatable bonds is 4. The van der Waals surface area contributed by atoms with E-state index >= 15 is 0 Å². The van der Waals surface area contributed by atoms with Crippen molar-refractivity contribution in [1.82, 2.24) is 9.80 Å². The molecular formula is C16H23F2N3. The van der Waals surface area contributed by atoms with Crippen molar-refractivity contribution in [3.8, 4) is 0 Å². The summed E-state index contributed by atoms with van der Waals surface area (Å²) in [5.74, 6) is -1.54. The Morgan fingerprint density at radius 2 is 1.95 bits per heavy atom. The average Bonchev–Trinajstić information content (AvgIpc) is 3.15. The van der Waals surface area contributed by atoms with Crippen LogP contribution in [0.1, 0.15) is 30.9 Å². The standard InChI is InChI=1S/C16H23F2N3/c17-14-5-3-4-13(16(14)18)15(10-19)21-9-6-12(11-21)20-7-1-2-8-20/h3-5,12,15H,1-2,6-11,19H2. The summed E-state index contributed by atoms with van der Waals surface area (Å²) in [5.41, 5.74) is 6.25. The molecule has 0 bridgehead atoms. The maximum Gasteiger partial charge on any atom is 0.163 e. The van der Waals surface area contributed by atoms with Crippen molar-refractivity contribution < 1.29 is 8.78 Å². The molecule has 116 valence electrons. The zero-order chi connectivity index (χ0) is 14.8. The highest BCUT2D eigenvalue weighted by Crippen LogP contribution is 2.29. The van der Waals surface area contributed by atoms with E-state index in [9.17, 15) is 8.78 Å². The van der Waals surface area contributed by atoms with E-state index in [0.717, 1.165) is 25.6 Å². The van der Waals surface area contributed by atoms with Crippen LogP contribution >= 0.6 is 0 Å². The molecule has 1 aromatic rings. The Kier molecular flexibility index (Phi) is 4.52. The van der Waals surface area contributed by atoms with Gasteiger partial charge >= 0.3 is 0 Å². The van der Waals surface area contributed by atoms with Gasteiger partial charge in [0.15, 0.2) is 11.6 Å². The normalized spacial score (nSPS) is 25.6. The van der Waals surface area contributed by atoms with E-state index in [-0.39, 0.29) is 6.04 Å². The monoisotopic (exact) mass is 295 g/mol. The summed E-state index contributed by atoms with van der Waals surface area (Å²) in [4.78, 5) is 4.73. The topological polar surface area (TPSA) is 32.5 Å². The first-order chi connectivity index (χ1) is 10.2. The van der Waals surface area contributed by atoms with Crippen molar-refractivity contribution in [1.29, 1.82) is 0 Å². The van der Waals surface area contributed by atoms with Crippen LogP contribution in [-0.4, -0.2) is 48.6 Å². The molecule has 0 spiro atoms. The lowest BCUT2D eigenvalue weighted by molar-refractivity contribution is 0.200. The zero-order valence-corrected chi connectivity index (χ0v) is 12.3. The fourth-order valence-electron chi connectivity index (χ4n) is 3.71. The molecule has 0 aliphatic carbocycles. The second kappa shape index (κ2) is 6.38. The van der Waals surface area contributed by atoms with Gasteiger partial charge in [0, 0.05) is 31.2 Å². The highest BCUT2D eigenvalue weighted by atomic mass is 19.2. The van der Waals surface area contributed by atoms with Gasteiger partial charge in [-0.2, -0.15) is 0 Å². The first-order valence-electron chi connectivity index (χ1n) is 7.82. The minimum atomic E-state index is -0.791. The first kappa shape index (κ1) is 14.9. The molecular weight excluding hydrogens is 272 g/mol. The molecule has 2 aliphatic heterocycles. The molecule has 2 unspecified atom stereocenters. The van der Waals surface area contributed by atoms with Crippen LogP contribution in [0.5, 0.6) is 0 Å². The van der Waals surface area contributed by atoms with Gasteiger partial charge in [-0.1, -0.05) is 12.1 Å². The number of nitrogens with two attached hydrogens (primary N) is 1. The van der Waals surface area contributed by atoms with E-state index in [1.54, 1.807) is 12.1 Å². The molecule has 0 amide bonds. The zero-order valence-electron chi connectivity index (χ0n) is 12.3. The van der Waals surface area contributed by atoms with E-state index in [4.69, 9.17) is 5.73 Å². The van der Waals surface area contributed by atoms with Gasteiger partial charge < -0.3 is 5.73 Å². The number of halogens is 2. The molecule has 5 heteroatoms. The third kappa shape index (κ3) is 2.96. The molecule has 2 fully saturated rings. The highest BCUT2D eigenvalue weighted by molar-refractivity contribution is 5.23. The van der Waals surface area contributed by atoms with E-state index < -0.39 is 11.6 Å². The number of nitrogens with zero attached hydrogens (tertiary/aromatic N) is 2. The van der Waals surface area contributed by atoms with Crippen LogP contribution in [0.2, 0.25) is 0 Å². The predicted octanol–water partition coefficient (Wildman–Crippen LogP) is 2.13. The summed E-state index contributed by atoms with van der Waals surface area (Å²) in [7, 11) is 0. The number of hydrogen-bond donors (Lipinski definition) is 1. The predicted molar refractivity (Wildman–Crippen MR) is 78.9 cm³/mol. The van der Waals surface area contributed by atoms with Crippen molar-refractivity contribution in [3.63, 3.8) is 0 Å². The average molecular weight is 295 g/mol. The molecule has 1 aromatic carbocycles. The quantitative estimate of drug-likeness (QED) is 0.923. The smallest absolute Gasteiger partial charge is 0.163 e. The molecule has 3 nitrogen and oxygen atoms in total. The second-order valence-corrected chi connectivity index (χ2v) is 6.08. The Morgan fingerprint density at radius 1 is 1.19 bits per heavy atom. The lowest BCUT2D eigenvalue weighted by Crippen LogP contribution is -2.38. The van der Waals surface area contributed by atoms with Crippen LogP contribution in [-0.2, 0) is 0 Å². The lowest BCUT2D eigenvalue weighted by Gasteiger charge is -2.29. The Morgan fingerprint density at radius 3 is 2.67 bits per heavy atom. The van der Waals surface area contributed by atoms with Crippen LogP contribution in [0.3, 0.4) is 0 Å². The molecule has 2 heterocycles. The van der Waals surface area contributed by atoms with Gasteiger partial charge in [0.1, 0.15) is 0 Å². The summed E-state index contributed by atoms with van der Waals surface area (Å²) in [6, 6.07) is 4.68. The third-order valence-corrected chi connectivity index (χ3v) is 4.86. The number of hydrogen-bond acceptors (Lipinski definition) is 3. The van der Waals surface area contributed by atoms with Crippen molar-refractivity contribution in [2.24, 2.45) is 5.73 Å². The molecule has 0 aromatic heterocycles. The fraction of sp³-hybridized carbons (Fsp3) is 0.625. The van der Waals surface area contributed by atoms with Crippen LogP contribution in [0.25, 0.3) is 0 Å². The summed E-state index contributed by atoms with van der Waals surface area (Å²) in [5, 5.41) is 0. The Hall–Kier alpha value is -1.04. The summed E-state index contributed by atoms with van der Waals surface area (Å²) in [6.45, 7) is 4.45. The largest absolute Gasteiger partial charge is 0.329 e. The van der Waals surface area contributed by atoms with Crippen molar-refractivity contribution in [2.45, 2.75) is 31.3 Å². The lowest BCUT2D eigenvalue weighted by atomic mass is 10.0. The number of benzene rings is 1. The Bertz CT molecular complexity index is 488. The minimum Gasteiger partial charge on any atom is -0.329 e. The van der Waals surface area contributed by atoms with Crippen molar-refractivity contribution >= 4 is 0 Å². The van der Waals surface area contributed by atoms with Crippen LogP contribution < -0.4 is 5.73 Å². The van der Waals surface area contributed by atoms with Gasteiger partial charge in [-0.15, -0.1) is 0 Å². The van der Waals surface area contributed by atoms with Crippen molar-refractivity contribution in [3.05, 3.63) is 35.4 Å². The maximum absolute atomic E-state index is 14.0. The van der Waals surface area contributed by atoms with E-state index in [2.05, 4.69) is 9.80 Å². The molecule has 3 rings (SSSR count).